The van der Waals surface area contributed by atoms with Crippen molar-refractivity contribution in [2.75, 3.05) is 0 Å². The minimum absolute atomic E-state index is 0.686. The average molecular weight is 267 g/mol. The number of aromatic nitrogens is 1. The second kappa shape index (κ2) is 4.61. The van der Waals surface area contributed by atoms with Crippen molar-refractivity contribution >= 4 is 31.5 Å². The van der Waals surface area contributed by atoms with Crippen molar-refractivity contribution in [3.05, 3.63) is 42.2 Å². The summed E-state index contributed by atoms with van der Waals surface area (Å²) in [5, 5.41) is 2.79. The minimum Gasteiger partial charge on any atom is -0.259 e. The molecule has 1 aliphatic carbocycles. The molecule has 0 unspecified atom stereocenters. The van der Waals surface area contributed by atoms with E-state index in [0.717, 1.165) is 0 Å². The molecule has 96 valence electrons. The van der Waals surface area contributed by atoms with Gasteiger partial charge in [-0.25, -0.2) is 0 Å². The van der Waals surface area contributed by atoms with Crippen molar-refractivity contribution in [2.45, 2.75) is 38.0 Å². The molecule has 0 N–H and O–H groups in total. The second-order valence-corrected chi connectivity index (χ2v) is 6.56. The van der Waals surface area contributed by atoms with E-state index in [1.807, 2.05) is 17.5 Å². The zero-order valence-corrected chi connectivity index (χ0v) is 11.7. The van der Waals surface area contributed by atoms with Crippen LogP contribution >= 0.6 is 11.3 Å². The Bertz CT molecular complexity index is 722. The number of hydrogen-bond donors (Lipinski definition) is 0. The third-order valence-corrected chi connectivity index (χ3v) is 5.52. The van der Waals surface area contributed by atoms with Gasteiger partial charge in [-0.2, -0.15) is 0 Å². The van der Waals surface area contributed by atoms with E-state index in [2.05, 4.69) is 30.3 Å². The van der Waals surface area contributed by atoms with E-state index >= 15 is 0 Å². The van der Waals surface area contributed by atoms with Gasteiger partial charge in [0.05, 0.1) is 10.4 Å². The number of rotatable bonds is 1. The molecule has 2 heterocycles. The smallest absolute Gasteiger partial charge is 0.0612 e. The molecule has 0 bridgehead atoms. The largest absolute Gasteiger partial charge is 0.259 e. The third-order valence-electron chi connectivity index (χ3n) is 4.31. The number of nitrogens with zero attached hydrogens (tertiary/aromatic N) is 1. The van der Waals surface area contributed by atoms with Crippen molar-refractivity contribution < 1.29 is 0 Å². The van der Waals surface area contributed by atoms with Gasteiger partial charge >= 0.3 is 0 Å². The lowest BCUT2D eigenvalue weighted by Gasteiger charge is -2.21. The number of pyridine rings is 1. The van der Waals surface area contributed by atoms with Crippen LogP contribution in [0, 0.1) is 0 Å². The first kappa shape index (κ1) is 11.4. The van der Waals surface area contributed by atoms with Gasteiger partial charge < -0.3 is 0 Å². The predicted molar refractivity (Wildman–Crippen MR) is 83.0 cm³/mol. The van der Waals surface area contributed by atoms with Gasteiger partial charge in [-0.1, -0.05) is 37.5 Å². The third kappa shape index (κ3) is 1.86. The normalized spacial score (nSPS) is 17.3. The van der Waals surface area contributed by atoms with E-state index in [-0.39, 0.29) is 0 Å². The molecule has 0 atom stereocenters. The molecule has 0 amide bonds. The summed E-state index contributed by atoms with van der Waals surface area (Å²) in [5.41, 5.74) is 1.36. The first-order chi connectivity index (χ1) is 9.43. The molecule has 0 spiro atoms. The monoisotopic (exact) mass is 267 g/mol. The molecular formula is C17H17NS. The zero-order chi connectivity index (χ0) is 12.7. The Morgan fingerprint density at radius 1 is 0.947 bits per heavy atom. The molecule has 2 heteroatoms. The summed E-state index contributed by atoms with van der Waals surface area (Å²) in [4.78, 5) is 4.74. The van der Waals surface area contributed by atoms with Crippen LogP contribution in [-0.4, -0.2) is 4.98 Å². The van der Waals surface area contributed by atoms with Gasteiger partial charge in [0.15, 0.2) is 0 Å². The Balaban J connectivity index is 1.95. The Labute approximate surface area is 117 Å². The van der Waals surface area contributed by atoms with E-state index in [9.17, 15) is 0 Å². The lowest BCUT2D eigenvalue weighted by molar-refractivity contribution is 0.439. The van der Waals surface area contributed by atoms with Crippen LogP contribution < -0.4 is 0 Å². The predicted octanol–water partition coefficient (Wildman–Crippen LogP) is 5.50. The molecule has 1 saturated carbocycles. The van der Waals surface area contributed by atoms with Crippen LogP contribution in [-0.2, 0) is 0 Å². The van der Waals surface area contributed by atoms with Crippen LogP contribution in [0.5, 0.6) is 0 Å². The van der Waals surface area contributed by atoms with E-state index in [4.69, 9.17) is 4.98 Å². The van der Waals surface area contributed by atoms with Crippen LogP contribution in [0.25, 0.3) is 20.2 Å². The van der Waals surface area contributed by atoms with Crippen molar-refractivity contribution in [1.82, 2.24) is 4.98 Å². The molecule has 1 aromatic carbocycles. The molecule has 1 fully saturated rings. The molecule has 19 heavy (non-hydrogen) atoms. The Kier molecular flexibility index (Phi) is 2.77. The molecule has 1 nitrogen and oxygen atoms in total. The maximum absolute atomic E-state index is 4.74. The lowest BCUT2D eigenvalue weighted by atomic mass is 9.86. The SMILES string of the molecule is c1ccc2c(c1)sc1c(C3CCCCC3)nccc12. The topological polar surface area (TPSA) is 12.9 Å². The summed E-state index contributed by atoms with van der Waals surface area (Å²) in [7, 11) is 0. The number of fused-ring (bicyclic) bond motifs is 3. The van der Waals surface area contributed by atoms with Gasteiger partial charge in [-0.05, 0) is 25.0 Å². The molecule has 1 aliphatic rings. The molecule has 0 saturated heterocycles. The summed E-state index contributed by atoms with van der Waals surface area (Å²) in [6.07, 6.45) is 8.78. The van der Waals surface area contributed by atoms with Crippen LogP contribution in [0.4, 0.5) is 0 Å². The number of thiophene rings is 1. The average Bonchev–Trinajstić information content (AvgIpc) is 2.87. The van der Waals surface area contributed by atoms with Gasteiger partial charge in [-0.15, -0.1) is 11.3 Å². The van der Waals surface area contributed by atoms with Gasteiger partial charge in [0.25, 0.3) is 0 Å². The summed E-state index contributed by atoms with van der Waals surface area (Å²) < 4.78 is 2.82. The van der Waals surface area contributed by atoms with Gasteiger partial charge in [0.2, 0.25) is 0 Å². The van der Waals surface area contributed by atoms with Crippen LogP contribution in [0.3, 0.4) is 0 Å². The summed E-state index contributed by atoms with van der Waals surface area (Å²) in [5.74, 6) is 0.686. The number of hydrogen-bond acceptors (Lipinski definition) is 2. The zero-order valence-electron chi connectivity index (χ0n) is 10.9. The van der Waals surface area contributed by atoms with Crippen molar-refractivity contribution in [1.29, 1.82) is 0 Å². The minimum atomic E-state index is 0.686. The fourth-order valence-electron chi connectivity index (χ4n) is 3.34. The molecule has 0 radical (unpaired) electrons. The Hall–Kier alpha value is -1.41. The van der Waals surface area contributed by atoms with Gasteiger partial charge in [-0.3, -0.25) is 4.98 Å². The fourth-order valence-corrected chi connectivity index (χ4v) is 4.61. The highest BCUT2D eigenvalue weighted by atomic mass is 32.1. The van der Waals surface area contributed by atoms with E-state index < -0.39 is 0 Å². The first-order valence-corrected chi connectivity index (χ1v) is 8.01. The van der Waals surface area contributed by atoms with E-state index in [0.29, 0.717) is 5.92 Å². The maximum Gasteiger partial charge on any atom is 0.0612 e. The highest BCUT2D eigenvalue weighted by molar-refractivity contribution is 7.26. The Morgan fingerprint density at radius 2 is 1.79 bits per heavy atom. The lowest BCUT2D eigenvalue weighted by Crippen LogP contribution is -2.06. The first-order valence-electron chi connectivity index (χ1n) is 7.19. The highest BCUT2D eigenvalue weighted by Crippen LogP contribution is 2.40. The highest BCUT2D eigenvalue weighted by Gasteiger charge is 2.20. The summed E-state index contributed by atoms with van der Waals surface area (Å²) in [6.45, 7) is 0. The molecule has 3 aromatic rings. The summed E-state index contributed by atoms with van der Waals surface area (Å²) in [6, 6.07) is 10.9. The fraction of sp³-hybridized carbons (Fsp3) is 0.353. The molecular weight excluding hydrogens is 250 g/mol. The van der Waals surface area contributed by atoms with Gasteiger partial charge in [0, 0.05) is 27.6 Å². The standard InChI is InChI=1S/C17H17NS/c1-2-6-12(7-3-1)16-17-14(10-11-18-16)13-8-4-5-9-15(13)19-17/h4-5,8-12H,1-3,6-7H2. The molecule has 2 aromatic heterocycles. The van der Waals surface area contributed by atoms with Crippen LogP contribution in [0.1, 0.15) is 43.7 Å². The van der Waals surface area contributed by atoms with Crippen molar-refractivity contribution in [2.24, 2.45) is 0 Å². The quantitative estimate of drug-likeness (QED) is 0.567. The number of benzene rings is 1. The van der Waals surface area contributed by atoms with Crippen molar-refractivity contribution in [3.63, 3.8) is 0 Å². The van der Waals surface area contributed by atoms with Crippen LogP contribution in [0.15, 0.2) is 36.5 Å². The molecule has 4 rings (SSSR count). The molecule has 0 aliphatic heterocycles. The summed E-state index contributed by atoms with van der Waals surface area (Å²) >= 11 is 1.92. The van der Waals surface area contributed by atoms with Crippen molar-refractivity contribution in [3.8, 4) is 0 Å². The van der Waals surface area contributed by atoms with Gasteiger partial charge in [0.1, 0.15) is 0 Å². The maximum atomic E-state index is 4.74. The van der Waals surface area contributed by atoms with Crippen LogP contribution in [0.2, 0.25) is 0 Å². The second-order valence-electron chi connectivity index (χ2n) is 5.51. The Morgan fingerprint density at radius 3 is 2.68 bits per heavy atom. The van der Waals surface area contributed by atoms with E-state index in [1.165, 1.54) is 58.0 Å². The van der Waals surface area contributed by atoms with E-state index in [1.54, 1.807) is 0 Å².